The number of nitrogens with zero attached hydrogens (tertiary/aromatic N) is 3. The highest BCUT2D eigenvalue weighted by molar-refractivity contribution is 8.05. The molecule has 0 radical (unpaired) electrons. The van der Waals surface area contributed by atoms with E-state index < -0.39 is 53.0 Å². The molecule has 4 heterocycles. The van der Waals surface area contributed by atoms with Crippen LogP contribution in [0.1, 0.15) is 98.6 Å². The van der Waals surface area contributed by atoms with Crippen LogP contribution in [0.3, 0.4) is 0 Å². The molecule has 6 aliphatic rings. The van der Waals surface area contributed by atoms with Crippen LogP contribution >= 0.6 is 23.4 Å². The Balaban J connectivity index is 1.09. The molecule has 8 rings (SSSR count). The van der Waals surface area contributed by atoms with Gasteiger partial charge in [-0.05, 0) is 98.3 Å². The number of hydrogen-bond donors (Lipinski definition) is 4. The van der Waals surface area contributed by atoms with E-state index in [0.29, 0.717) is 77.4 Å². The number of benzene rings is 1. The van der Waals surface area contributed by atoms with Crippen molar-refractivity contribution in [1.82, 2.24) is 30.7 Å². The highest BCUT2D eigenvalue weighted by Gasteiger charge is 2.61. The van der Waals surface area contributed by atoms with Gasteiger partial charge in [0.2, 0.25) is 11.8 Å². The van der Waals surface area contributed by atoms with Crippen molar-refractivity contribution >= 4 is 63.7 Å². The number of fused-ring (bicyclic) bond motifs is 2. The molecular weight excluding hydrogens is 884 g/mol. The van der Waals surface area contributed by atoms with Crippen LogP contribution in [0, 0.1) is 23.2 Å². The average Bonchev–Trinajstić information content (AvgIpc) is 4.00. The third-order valence-corrected chi connectivity index (χ3v) is 15.3. The summed E-state index contributed by atoms with van der Waals surface area (Å²) in [6.45, 7) is 14.4. The molecule has 358 valence electrons. The Morgan fingerprint density at radius 1 is 1.06 bits per heavy atom. The second-order valence-electron chi connectivity index (χ2n) is 20.3. The number of likely N-dealkylation sites (tertiary alicyclic amines) is 2. The van der Waals surface area contributed by atoms with Gasteiger partial charge in [0, 0.05) is 57.1 Å². The van der Waals surface area contributed by atoms with Gasteiger partial charge in [0.15, 0.2) is 0 Å². The van der Waals surface area contributed by atoms with Crippen molar-refractivity contribution in [3.63, 3.8) is 0 Å². The van der Waals surface area contributed by atoms with Gasteiger partial charge in [0.1, 0.15) is 58.0 Å². The molecule has 3 amide bonds. The van der Waals surface area contributed by atoms with E-state index >= 15 is 0 Å². The molecule has 0 bridgehead atoms. The van der Waals surface area contributed by atoms with Crippen molar-refractivity contribution in [2.45, 2.75) is 135 Å². The van der Waals surface area contributed by atoms with Crippen LogP contribution in [-0.2, 0) is 23.9 Å². The van der Waals surface area contributed by atoms with Crippen LogP contribution in [0.15, 0.2) is 40.4 Å². The van der Waals surface area contributed by atoms with E-state index in [0.717, 1.165) is 43.0 Å². The summed E-state index contributed by atoms with van der Waals surface area (Å²) in [6.07, 6.45) is 5.82. The second kappa shape index (κ2) is 19.6. The van der Waals surface area contributed by atoms with Crippen molar-refractivity contribution < 1.29 is 43.2 Å². The summed E-state index contributed by atoms with van der Waals surface area (Å²) in [5, 5.41) is 23.2. The van der Waals surface area contributed by atoms with E-state index in [2.05, 4.69) is 40.4 Å². The van der Waals surface area contributed by atoms with Crippen LogP contribution in [0.25, 0.3) is 16.5 Å². The lowest BCUT2D eigenvalue weighted by Crippen LogP contribution is -2.59. The number of hydrogen-bond acceptors (Lipinski definition) is 12. The van der Waals surface area contributed by atoms with Gasteiger partial charge in [-0.3, -0.25) is 14.5 Å². The minimum atomic E-state index is -1.42. The predicted octanol–water partition coefficient (Wildman–Crippen LogP) is 7.12. The van der Waals surface area contributed by atoms with Gasteiger partial charge in [-0.15, -0.1) is 0 Å². The van der Waals surface area contributed by atoms with Crippen molar-refractivity contribution in [2.24, 2.45) is 23.2 Å². The van der Waals surface area contributed by atoms with Gasteiger partial charge < -0.3 is 44.9 Å². The van der Waals surface area contributed by atoms with Gasteiger partial charge in [0.05, 0.1) is 23.9 Å². The maximum absolute atomic E-state index is 14.9. The topological polar surface area (TPSA) is 181 Å². The van der Waals surface area contributed by atoms with E-state index in [1.54, 1.807) is 13.2 Å². The Morgan fingerprint density at radius 3 is 2.50 bits per heavy atom. The third-order valence-electron chi connectivity index (χ3n) is 14.0. The molecular formula is C49H65ClN6O9S. The molecule has 2 saturated heterocycles. The molecule has 15 nitrogen and oxygen atoms in total. The van der Waals surface area contributed by atoms with Crippen molar-refractivity contribution in [3.8, 4) is 11.5 Å². The lowest BCUT2D eigenvalue weighted by atomic mass is 9.85. The number of nitrogens with one attached hydrogen (secondary N) is 3. The Bertz CT molecular complexity index is 2300. The molecule has 3 aliphatic heterocycles. The number of carboxylic acid groups (broad SMARTS) is 1. The zero-order valence-corrected chi connectivity index (χ0v) is 40.7. The fraction of sp³-hybridized carbons (Fsp3) is 0.633. The summed E-state index contributed by atoms with van der Waals surface area (Å²) in [7, 11) is 1.74. The zero-order chi connectivity index (χ0) is 47.1. The Hall–Kier alpha value is -4.47. The van der Waals surface area contributed by atoms with Crippen molar-refractivity contribution in [1.29, 1.82) is 0 Å². The molecule has 3 saturated carbocycles. The molecule has 9 atom stereocenters. The fourth-order valence-corrected chi connectivity index (χ4v) is 11.2. The number of carbonyl (C=O) groups is 4. The van der Waals surface area contributed by atoms with E-state index in [-0.39, 0.29) is 37.1 Å². The summed E-state index contributed by atoms with van der Waals surface area (Å²) < 4.78 is 24.5. The Labute approximate surface area is 396 Å². The molecule has 2 aromatic rings. The number of carboxylic acids is 1. The summed E-state index contributed by atoms with van der Waals surface area (Å²) in [5.74, 6) is -0.304. The Morgan fingerprint density at radius 2 is 1.83 bits per heavy atom. The predicted molar refractivity (Wildman–Crippen MR) is 253 cm³/mol. The highest BCUT2D eigenvalue weighted by Crippen LogP contribution is 2.52. The molecule has 3 unspecified atom stereocenters. The van der Waals surface area contributed by atoms with Gasteiger partial charge >= 0.3 is 12.1 Å². The normalized spacial score (nSPS) is 28.6. The average molecular weight is 950 g/mol. The van der Waals surface area contributed by atoms with E-state index in [1.807, 2.05) is 51.3 Å². The van der Waals surface area contributed by atoms with Gasteiger partial charge in [0.25, 0.3) is 0 Å². The first kappa shape index (κ1) is 48.0. The molecule has 3 aliphatic carbocycles. The first-order valence-electron chi connectivity index (χ1n) is 23.5. The van der Waals surface area contributed by atoms with Crippen LogP contribution in [0.5, 0.6) is 11.5 Å². The van der Waals surface area contributed by atoms with Gasteiger partial charge in [-0.2, -0.15) is 0 Å². The summed E-state index contributed by atoms with van der Waals surface area (Å²) >= 11 is 8.70. The van der Waals surface area contributed by atoms with Crippen LogP contribution < -0.4 is 25.4 Å². The third kappa shape index (κ3) is 10.6. The summed E-state index contributed by atoms with van der Waals surface area (Å²) in [4.78, 5) is 64.1. The minimum absolute atomic E-state index is 0.0204. The van der Waals surface area contributed by atoms with Crippen molar-refractivity contribution in [3.05, 3.63) is 51.2 Å². The second-order valence-corrected chi connectivity index (χ2v) is 21.5. The quantitative estimate of drug-likeness (QED) is 0.118. The number of thioether (sulfide) groups is 1. The number of methoxy groups -OCH3 is 1. The first-order chi connectivity index (χ1) is 31.5. The largest absolute Gasteiger partial charge is 0.491 e. The molecule has 1 aromatic heterocycles. The molecule has 5 fully saturated rings. The van der Waals surface area contributed by atoms with Gasteiger partial charge in [-0.25, -0.2) is 14.6 Å². The number of alkyl carbamates (subject to hydrolysis) is 1. The standard InChI is InChI=1S/C49H65ClN6O9S/c1-8-31-23-49(31,46(59)60)54-44(57)37-21-34(25-56(37)45(58)43(48(4,5)6)53-47(61)65-33-19-29-18-30(29)20-33)64-39-22-36(28-10-9-11-40(66-26-28)51-27(2)3)52-42-35(39)12-13-38(41(42)50)63-17-16-55-15-14-32(24-55)62-7/h9,12-13,22,26-27,29-34,37,43,51H,8,10,14-21,23-25H2,1-7H3,(H,53,61)(H,54,57)(H,59,60)/t29-,30?,31?,32-,33+,34-,37?,43-,49-/m1/s1. The number of amides is 3. The maximum Gasteiger partial charge on any atom is 0.408 e. The van der Waals surface area contributed by atoms with Gasteiger partial charge in [-0.1, -0.05) is 63.2 Å². The molecule has 1 aromatic carbocycles. The number of ether oxygens (including phenoxy) is 4. The smallest absolute Gasteiger partial charge is 0.408 e. The van der Waals surface area contributed by atoms with E-state index in [9.17, 15) is 24.3 Å². The zero-order valence-electron chi connectivity index (χ0n) is 39.1. The molecule has 0 spiro atoms. The lowest BCUT2D eigenvalue weighted by molar-refractivity contribution is -0.146. The van der Waals surface area contributed by atoms with Crippen LogP contribution in [-0.4, -0.2) is 126 Å². The number of aromatic nitrogens is 1. The summed E-state index contributed by atoms with van der Waals surface area (Å²) in [5.41, 5.74) is 3.12. The summed E-state index contributed by atoms with van der Waals surface area (Å²) in [6, 6.07) is 3.57. The highest BCUT2D eigenvalue weighted by atomic mass is 35.5. The minimum Gasteiger partial charge on any atom is -0.491 e. The number of carbonyl (C=O) groups excluding carboxylic acids is 3. The SMILES string of the molecule is CCC1C[C@]1(NC(=O)C1C[C@@H](Oc2cc(C3=CSC(NC(C)C)=C=CC3)nc3c(Cl)c(OCCN4CC[C@@H](OC)C4)ccc23)CN1C(=O)[C@@H](NC(=O)O[C@@H]1CC2C[C@@H]2C1)C(C)(C)C)C(=O)O. The number of rotatable bonds is 17. The van der Waals surface area contributed by atoms with E-state index in [1.165, 1.54) is 23.1 Å². The first-order valence-corrected chi connectivity index (χ1v) is 24.8. The van der Waals surface area contributed by atoms with Crippen LogP contribution in [0.2, 0.25) is 5.02 Å². The molecule has 4 N–H and O–H groups in total. The molecule has 66 heavy (non-hydrogen) atoms. The maximum atomic E-state index is 14.9. The van der Waals surface area contributed by atoms with E-state index in [4.69, 9.17) is 35.5 Å². The number of pyridine rings is 1. The number of halogens is 1. The van der Waals surface area contributed by atoms with Crippen LogP contribution in [0.4, 0.5) is 4.79 Å². The lowest BCUT2D eigenvalue weighted by Gasteiger charge is -2.35. The Kier molecular flexibility index (Phi) is 14.3. The molecule has 17 heteroatoms. The monoisotopic (exact) mass is 948 g/mol. The number of allylic oxidation sites excluding steroid dienone is 2. The fourth-order valence-electron chi connectivity index (χ4n) is 10.1. The van der Waals surface area contributed by atoms with Crippen molar-refractivity contribution in [2.75, 3.05) is 39.9 Å². The number of aliphatic carboxylic acids is 1.